The highest BCUT2D eigenvalue weighted by Gasteiger charge is 2.16. The Balaban J connectivity index is 9.03. The Morgan fingerprint density at radius 1 is 0.211 bits per heavy atom. The minimum absolute atomic E-state index is 0.00338. The fourth-order valence-electron chi connectivity index (χ4n) is 5.57. The molecule has 0 aromatic heterocycles. The molecule has 0 aliphatic carbocycles. The van der Waals surface area contributed by atoms with Crippen molar-refractivity contribution in [2.24, 2.45) is 5.92 Å². The van der Waals surface area contributed by atoms with Crippen molar-refractivity contribution in [1.29, 1.82) is 52.6 Å². The average molecular weight is 1130 g/mol. The zero-order chi connectivity index (χ0) is 65.9. The van der Waals surface area contributed by atoms with Gasteiger partial charge in [0.15, 0.2) is 60.7 Å². The van der Waals surface area contributed by atoms with Crippen molar-refractivity contribution < 1.29 is 0 Å². The summed E-state index contributed by atoms with van der Waals surface area (Å²) in [5.41, 5.74) is 4.19. The summed E-state index contributed by atoms with van der Waals surface area (Å²) in [5.74, 6) is 107. The largest absolute Gasteiger partial charge is 0.183 e. The van der Waals surface area contributed by atoms with Gasteiger partial charge in [0.2, 0.25) is 0 Å². The fraction of sp³-hybridized carbons (Fsp3) is 0.125. The monoisotopic (exact) mass is 1130 g/mol. The van der Waals surface area contributed by atoms with Gasteiger partial charge in [-0.1, -0.05) is 114 Å². The van der Waals surface area contributed by atoms with Crippen molar-refractivity contribution in [2.45, 2.75) is 58.8 Å². The molecule has 0 saturated carbocycles. The third-order valence-corrected chi connectivity index (χ3v) is 9.37. The second-order valence-corrected chi connectivity index (χ2v) is 14.8. The minimum Gasteiger partial charge on any atom is -0.183 e. The second kappa shape index (κ2) is 55.6. The predicted octanol–water partition coefficient (Wildman–Crippen LogP) is 8.02. The van der Waals surface area contributed by atoms with Crippen LogP contribution in [-0.4, -0.2) is 0 Å². The molecule has 0 bridgehead atoms. The van der Waals surface area contributed by atoms with Gasteiger partial charge in [-0.3, -0.25) is 0 Å². The number of nitrogens with zero attached hydrogens (tertiary/aromatic N) is 10. The molecule has 0 aromatic carbocycles. The van der Waals surface area contributed by atoms with E-state index < -0.39 is 5.92 Å². The van der Waals surface area contributed by atoms with Crippen molar-refractivity contribution in [3.05, 3.63) is 105 Å². The summed E-state index contributed by atoms with van der Waals surface area (Å²) in [6.45, 7) is 3.57. The molecule has 0 spiro atoms. The standard InChI is InChI=1S/C80H30N10/c1-3-71(37-17-8-28-62-82)47-49-73(39-19-10-30-64-84)51-52-75(41-21-12-32-66-86)54-56-77(43-23-14-34-68-88)58-60-79(45-25-16-36-70-90)80(46-26-6-5-7-27-61-81)78(44-24-15-35-69-89)59-57-76(42-22-13-33-67-87)55-53-74(40-20-11-31-65-85)50-48-72(4-2)38-18-9-29-63-83/h3-4,49-50,52,55-56,59-60,80H,47-48,51,53-54,57-58H2,1-2H3/b71-3+,72-4+,73-49+,74-50+,75-52+,76-55+,77-56+,78-59+,79-60+. The zero-order valence-corrected chi connectivity index (χ0v) is 47.7. The lowest BCUT2D eigenvalue weighted by atomic mass is 9.88. The Labute approximate surface area is 528 Å². The molecule has 0 aromatic rings. The van der Waals surface area contributed by atoms with Crippen LogP contribution in [0.2, 0.25) is 0 Å². The molecule has 0 amide bonds. The highest BCUT2D eigenvalue weighted by Crippen LogP contribution is 2.24. The molecule has 0 heterocycles. The first-order chi connectivity index (χ1) is 44.3. The molecule has 0 saturated heterocycles. The van der Waals surface area contributed by atoms with Gasteiger partial charge >= 0.3 is 0 Å². The van der Waals surface area contributed by atoms with E-state index in [4.69, 9.17) is 36.8 Å². The molecule has 10 nitrogen and oxygen atoms in total. The first-order valence-electron chi connectivity index (χ1n) is 24.9. The summed E-state index contributed by atoms with van der Waals surface area (Å²) in [5, 5.41) is 90.5. The van der Waals surface area contributed by atoms with Gasteiger partial charge in [0, 0.05) is 174 Å². The van der Waals surface area contributed by atoms with Crippen LogP contribution in [0.1, 0.15) is 58.8 Å². The maximum atomic E-state index is 9.29. The number of allylic oxidation sites excluding steroid dienone is 18. The smallest absolute Gasteiger partial charge is 0.153 e. The summed E-state index contributed by atoms with van der Waals surface area (Å²) >= 11 is 0. The maximum absolute atomic E-state index is 9.29. The van der Waals surface area contributed by atoms with Gasteiger partial charge in [-0.05, 0) is 124 Å². The third kappa shape index (κ3) is 41.4. The molecule has 10 heteroatoms. The number of rotatable bonds is 16. The van der Waals surface area contributed by atoms with Crippen LogP contribution in [0.3, 0.4) is 0 Å². The molecule has 1 unspecified atom stereocenters. The van der Waals surface area contributed by atoms with Gasteiger partial charge in [0.05, 0.1) is 5.92 Å². The Kier molecular flexibility index (Phi) is 45.3. The lowest BCUT2D eigenvalue weighted by molar-refractivity contribution is 0.985. The van der Waals surface area contributed by atoms with Crippen molar-refractivity contribution in [1.82, 2.24) is 0 Å². The molecule has 0 fully saturated rings. The number of hydrogen-bond acceptors (Lipinski definition) is 10. The quantitative estimate of drug-likeness (QED) is 0.135. The highest BCUT2D eigenvalue weighted by atomic mass is 14.2. The first-order valence-corrected chi connectivity index (χ1v) is 24.9. The summed E-state index contributed by atoms with van der Waals surface area (Å²) in [7, 11) is 0. The number of nitriles is 10. The fourth-order valence-corrected chi connectivity index (χ4v) is 5.57. The van der Waals surface area contributed by atoms with Gasteiger partial charge in [-0.15, -0.1) is 0 Å². The number of hydrogen-bond donors (Lipinski definition) is 0. The van der Waals surface area contributed by atoms with Crippen molar-refractivity contribution >= 4 is 0 Å². The Bertz CT molecular complexity index is 5140. The van der Waals surface area contributed by atoms with Gasteiger partial charge in [-0.25, -0.2) is 0 Å². The molecule has 0 aliphatic heterocycles. The third-order valence-electron chi connectivity index (χ3n) is 9.37. The van der Waals surface area contributed by atoms with Crippen molar-refractivity contribution in [3.63, 3.8) is 0 Å². The molecule has 400 valence electrons. The van der Waals surface area contributed by atoms with E-state index in [0.29, 0.717) is 51.9 Å². The zero-order valence-electron chi connectivity index (χ0n) is 47.7. The van der Waals surface area contributed by atoms with Crippen LogP contribution in [0.25, 0.3) is 0 Å². The molecule has 90 heavy (non-hydrogen) atoms. The lowest BCUT2D eigenvalue weighted by Gasteiger charge is -2.12. The van der Waals surface area contributed by atoms with Crippen molar-refractivity contribution in [3.8, 4) is 309 Å². The minimum atomic E-state index is -1.11. The predicted molar refractivity (Wildman–Crippen MR) is 339 cm³/mol. The summed E-state index contributed by atoms with van der Waals surface area (Å²) < 4.78 is 0. The van der Waals surface area contributed by atoms with Crippen LogP contribution in [0, 0.1) is 368 Å². The topological polar surface area (TPSA) is 238 Å². The van der Waals surface area contributed by atoms with E-state index in [0.717, 1.165) is 0 Å². The summed E-state index contributed by atoms with van der Waals surface area (Å²) in [6.07, 6.45) is 16.7. The molecular formula is C80H30N10. The van der Waals surface area contributed by atoms with Gasteiger partial charge < -0.3 is 0 Å². The van der Waals surface area contributed by atoms with E-state index in [-0.39, 0.29) is 43.3 Å². The molecule has 0 N–H and O–H groups in total. The summed E-state index contributed by atoms with van der Waals surface area (Å²) in [6, 6.07) is 17.1. The van der Waals surface area contributed by atoms with E-state index >= 15 is 0 Å². The van der Waals surface area contributed by atoms with Crippen LogP contribution in [0.5, 0.6) is 0 Å². The Morgan fingerprint density at radius 2 is 0.389 bits per heavy atom. The van der Waals surface area contributed by atoms with E-state index in [2.05, 4.69) is 249 Å². The van der Waals surface area contributed by atoms with E-state index in [1.54, 1.807) is 129 Å². The average Bonchev–Trinajstić information content (AvgIpc) is 2.96. The molecule has 0 aliphatic rings. The first kappa shape index (κ1) is 73.3. The molecule has 1 atom stereocenters. The van der Waals surface area contributed by atoms with Gasteiger partial charge in [-0.2, -0.15) is 52.6 Å². The van der Waals surface area contributed by atoms with Crippen molar-refractivity contribution in [2.75, 3.05) is 0 Å². The Morgan fingerprint density at radius 3 is 0.622 bits per heavy atom. The van der Waals surface area contributed by atoms with Crippen LogP contribution in [-0.2, 0) is 0 Å². The molecule has 0 rings (SSSR count). The SMILES string of the molecule is C/C=C(\C#CC#CC#N)C/C=C(\C#CC#CC#N)C/C=C(\C#CC#CC#N)C/C=C(\C#CC#CC#N)C/C=C(\C#CC#CC#N)C(C#CC#CC#CC#N)/C(C#CC#CC#N)=C/C/C(C#CC#CC#N)=C/C/C(C#CC#CC#N)=C/C/C(C#CC#CC#N)=C/C. The van der Waals surface area contributed by atoms with Crippen LogP contribution < -0.4 is 0 Å². The maximum Gasteiger partial charge on any atom is 0.153 e. The van der Waals surface area contributed by atoms with E-state index in [1.807, 2.05) is 0 Å². The summed E-state index contributed by atoms with van der Waals surface area (Å²) in [4.78, 5) is 0. The van der Waals surface area contributed by atoms with Crippen LogP contribution in [0.4, 0.5) is 0 Å². The van der Waals surface area contributed by atoms with Crippen LogP contribution >= 0.6 is 0 Å². The molecule has 0 radical (unpaired) electrons. The highest BCUT2D eigenvalue weighted by molar-refractivity contribution is 5.56. The van der Waals surface area contributed by atoms with E-state index in [1.165, 1.54) is 0 Å². The van der Waals surface area contributed by atoms with Crippen LogP contribution in [0.15, 0.2) is 105 Å². The van der Waals surface area contributed by atoms with Gasteiger partial charge in [0.1, 0.15) is 0 Å². The van der Waals surface area contributed by atoms with E-state index in [9.17, 15) is 15.8 Å². The Hall–Kier alpha value is -16.7. The lowest BCUT2D eigenvalue weighted by Crippen LogP contribution is -2.05. The normalized spacial score (nSPS) is 9.22. The second-order valence-electron chi connectivity index (χ2n) is 14.8. The molecular weight excluding hydrogens is 1100 g/mol. The van der Waals surface area contributed by atoms with Gasteiger partial charge in [0.25, 0.3) is 0 Å².